The van der Waals surface area contributed by atoms with Crippen LogP contribution in [-0.2, 0) is 4.79 Å². The second-order valence-corrected chi connectivity index (χ2v) is 3.89. The molecule has 1 saturated carbocycles. The molecule has 1 aromatic carbocycles. The van der Waals surface area contributed by atoms with Gasteiger partial charge < -0.3 is 11.1 Å². The van der Waals surface area contributed by atoms with Crippen LogP contribution in [-0.4, -0.2) is 11.4 Å². The highest BCUT2D eigenvalue weighted by Crippen LogP contribution is 2.39. The third-order valence-corrected chi connectivity index (χ3v) is 2.74. The van der Waals surface area contributed by atoms with Crippen LogP contribution in [0.4, 0.5) is 5.69 Å². The normalized spacial score (nSPS) is 17.5. The van der Waals surface area contributed by atoms with E-state index in [1.54, 1.807) is 0 Å². The van der Waals surface area contributed by atoms with Gasteiger partial charge in [-0.3, -0.25) is 4.79 Å². The van der Waals surface area contributed by atoms with Crippen molar-refractivity contribution in [3.05, 3.63) is 29.8 Å². The molecule has 3 heteroatoms. The molecule has 0 saturated heterocycles. The SMILES string of the molecule is Cc1ccccc1NC1(C(N)=O)CC1. The summed E-state index contributed by atoms with van der Waals surface area (Å²) in [7, 11) is 0. The van der Waals surface area contributed by atoms with Gasteiger partial charge >= 0.3 is 0 Å². The topological polar surface area (TPSA) is 55.1 Å². The minimum atomic E-state index is -0.466. The van der Waals surface area contributed by atoms with Crippen LogP contribution < -0.4 is 11.1 Å². The van der Waals surface area contributed by atoms with Crippen molar-refractivity contribution in [3.63, 3.8) is 0 Å². The minimum absolute atomic E-state index is 0.249. The van der Waals surface area contributed by atoms with E-state index < -0.39 is 5.54 Å². The van der Waals surface area contributed by atoms with Gasteiger partial charge in [0.2, 0.25) is 5.91 Å². The molecule has 74 valence electrons. The maximum Gasteiger partial charge on any atom is 0.243 e. The summed E-state index contributed by atoms with van der Waals surface area (Å²) in [5.41, 5.74) is 7.01. The number of para-hydroxylation sites is 1. The van der Waals surface area contributed by atoms with E-state index in [4.69, 9.17) is 5.73 Å². The number of amides is 1. The Morgan fingerprint density at radius 3 is 2.57 bits per heavy atom. The van der Waals surface area contributed by atoms with E-state index in [-0.39, 0.29) is 5.91 Å². The first kappa shape index (κ1) is 9.06. The number of nitrogens with two attached hydrogens (primary N) is 1. The number of nitrogens with one attached hydrogen (secondary N) is 1. The molecule has 14 heavy (non-hydrogen) atoms. The van der Waals surface area contributed by atoms with Gasteiger partial charge in [-0.2, -0.15) is 0 Å². The van der Waals surface area contributed by atoms with Crippen molar-refractivity contribution in [2.24, 2.45) is 5.73 Å². The van der Waals surface area contributed by atoms with Gasteiger partial charge in [0.1, 0.15) is 5.54 Å². The molecule has 3 N–H and O–H groups in total. The lowest BCUT2D eigenvalue weighted by Gasteiger charge is -2.16. The van der Waals surface area contributed by atoms with Gasteiger partial charge in [0, 0.05) is 5.69 Å². The molecule has 0 aromatic heterocycles. The van der Waals surface area contributed by atoms with Crippen molar-refractivity contribution in [2.75, 3.05) is 5.32 Å². The lowest BCUT2D eigenvalue weighted by Crippen LogP contribution is -2.37. The van der Waals surface area contributed by atoms with E-state index in [1.807, 2.05) is 31.2 Å². The number of aryl methyl sites for hydroxylation is 1. The molecule has 1 amide bonds. The van der Waals surface area contributed by atoms with Crippen LogP contribution in [0.1, 0.15) is 18.4 Å². The molecule has 1 aliphatic carbocycles. The fourth-order valence-electron chi connectivity index (χ4n) is 1.53. The van der Waals surface area contributed by atoms with Gasteiger partial charge in [0.25, 0.3) is 0 Å². The van der Waals surface area contributed by atoms with Gasteiger partial charge in [-0.25, -0.2) is 0 Å². The molecule has 1 aromatic rings. The number of hydrogen-bond acceptors (Lipinski definition) is 2. The molecule has 0 unspecified atom stereocenters. The van der Waals surface area contributed by atoms with Crippen LogP contribution >= 0.6 is 0 Å². The van der Waals surface area contributed by atoms with Crippen molar-refractivity contribution in [1.82, 2.24) is 0 Å². The van der Waals surface area contributed by atoms with Crippen molar-refractivity contribution >= 4 is 11.6 Å². The van der Waals surface area contributed by atoms with Crippen LogP contribution in [0.15, 0.2) is 24.3 Å². The Kier molecular flexibility index (Phi) is 1.95. The van der Waals surface area contributed by atoms with Crippen molar-refractivity contribution in [1.29, 1.82) is 0 Å². The van der Waals surface area contributed by atoms with E-state index in [1.165, 1.54) is 0 Å². The molecular formula is C11H14N2O. The van der Waals surface area contributed by atoms with Crippen LogP contribution in [0.5, 0.6) is 0 Å². The summed E-state index contributed by atoms with van der Waals surface area (Å²) in [6.45, 7) is 2.01. The first-order valence-electron chi connectivity index (χ1n) is 4.78. The number of rotatable bonds is 3. The average molecular weight is 190 g/mol. The summed E-state index contributed by atoms with van der Waals surface area (Å²) in [6.07, 6.45) is 1.69. The van der Waals surface area contributed by atoms with Gasteiger partial charge in [0.05, 0.1) is 0 Å². The van der Waals surface area contributed by atoms with E-state index in [9.17, 15) is 4.79 Å². The van der Waals surface area contributed by atoms with E-state index in [2.05, 4.69) is 5.32 Å². The van der Waals surface area contributed by atoms with Crippen LogP contribution in [0.2, 0.25) is 0 Å². The fraction of sp³-hybridized carbons (Fsp3) is 0.364. The van der Waals surface area contributed by atoms with Crippen LogP contribution in [0.3, 0.4) is 0 Å². The number of benzene rings is 1. The predicted octanol–water partition coefficient (Wildman–Crippen LogP) is 1.42. The number of carbonyl (C=O) groups excluding carboxylic acids is 1. The Labute approximate surface area is 83.3 Å². The number of primary amides is 1. The Hall–Kier alpha value is -1.51. The molecule has 3 nitrogen and oxygen atoms in total. The quantitative estimate of drug-likeness (QED) is 0.757. The zero-order valence-corrected chi connectivity index (χ0v) is 8.21. The average Bonchev–Trinajstić information content (AvgIpc) is 2.90. The highest BCUT2D eigenvalue weighted by molar-refractivity contribution is 5.91. The first-order valence-corrected chi connectivity index (χ1v) is 4.78. The molecular weight excluding hydrogens is 176 g/mol. The summed E-state index contributed by atoms with van der Waals surface area (Å²) in [4.78, 5) is 11.2. The molecule has 0 bridgehead atoms. The fourth-order valence-corrected chi connectivity index (χ4v) is 1.53. The smallest absolute Gasteiger partial charge is 0.243 e. The summed E-state index contributed by atoms with van der Waals surface area (Å²) >= 11 is 0. The zero-order chi connectivity index (χ0) is 10.2. The second kappa shape index (κ2) is 3.01. The first-order chi connectivity index (χ1) is 6.64. The Morgan fingerprint density at radius 2 is 2.07 bits per heavy atom. The van der Waals surface area contributed by atoms with Gasteiger partial charge in [-0.15, -0.1) is 0 Å². The molecule has 0 radical (unpaired) electrons. The van der Waals surface area contributed by atoms with E-state index >= 15 is 0 Å². The lowest BCUT2D eigenvalue weighted by molar-refractivity contribution is -0.119. The summed E-state index contributed by atoms with van der Waals surface area (Å²) in [6, 6.07) is 7.91. The van der Waals surface area contributed by atoms with Crippen LogP contribution in [0, 0.1) is 6.92 Å². The molecule has 1 aliphatic rings. The number of anilines is 1. The lowest BCUT2D eigenvalue weighted by atomic mass is 10.1. The monoisotopic (exact) mass is 190 g/mol. The van der Waals surface area contributed by atoms with Gasteiger partial charge in [0.15, 0.2) is 0 Å². The maximum atomic E-state index is 11.2. The second-order valence-electron chi connectivity index (χ2n) is 3.89. The van der Waals surface area contributed by atoms with Gasteiger partial charge in [-0.1, -0.05) is 18.2 Å². The van der Waals surface area contributed by atoms with Crippen LogP contribution in [0.25, 0.3) is 0 Å². The highest BCUT2D eigenvalue weighted by Gasteiger charge is 2.48. The molecule has 1 fully saturated rings. The molecule has 0 aliphatic heterocycles. The Morgan fingerprint density at radius 1 is 1.43 bits per heavy atom. The van der Waals surface area contributed by atoms with Gasteiger partial charge in [-0.05, 0) is 31.4 Å². The predicted molar refractivity (Wildman–Crippen MR) is 56.0 cm³/mol. The summed E-state index contributed by atoms with van der Waals surface area (Å²) in [5.74, 6) is -0.249. The van der Waals surface area contributed by atoms with Crippen molar-refractivity contribution in [3.8, 4) is 0 Å². The Bertz CT molecular complexity index is 369. The molecule has 2 rings (SSSR count). The number of hydrogen-bond donors (Lipinski definition) is 2. The van der Waals surface area contributed by atoms with E-state index in [0.717, 1.165) is 24.1 Å². The summed E-state index contributed by atoms with van der Waals surface area (Å²) < 4.78 is 0. The van der Waals surface area contributed by atoms with Crippen molar-refractivity contribution in [2.45, 2.75) is 25.3 Å². The number of carbonyl (C=O) groups is 1. The van der Waals surface area contributed by atoms with E-state index in [0.29, 0.717) is 0 Å². The summed E-state index contributed by atoms with van der Waals surface area (Å²) in [5, 5.41) is 3.22. The largest absolute Gasteiger partial charge is 0.371 e. The molecule has 0 heterocycles. The molecule has 0 atom stereocenters. The standard InChI is InChI=1S/C11H14N2O/c1-8-4-2-3-5-9(8)13-11(6-7-11)10(12)14/h2-5,13H,6-7H2,1H3,(H2,12,14). The highest BCUT2D eigenvalue weighted by atomic mass is 16.1. The third-order valence-electron chi connectivity index (χ3n) is 2.74. The Balaban J connectivity index is 2.19. The zero-order valence-electron chi connectivity index (χ0n) is 8.21. The molecule has 0 spiro atoms. The maximum absolute atomic E-state index is 11.2. The minimum Gasteiger partial charge on any atom is -0.371 e. The van der Waals surface area contributed by atoms with Crippen molar-refractivity contribution < 1.29 is 4.79 Å². The third kappa shape index (κ3) is 1.45.